The second-order valence-electron chi connectivity index (χ2n) is 8.74. The normalized spacial score (nSPS) is 18.7. The van der Waals surface area contributed by atoms with Crippen molar-refractivity contribution in [3.8, 4) is 11.5 Å². The highest BCUT2D eigenvalue weighted by atomic mass is 19.1. The number of rotatable bonds is 6. The number of carbonyl (C=O) groups is 1. The molecule has 0 N–H and O–H groups in total. The zero-order valence-corrected chi connectivity index (χ0v) is 19.6. The van der Waals surface area contributed by atoms with Crippen molar-refractivity contribution in [2.75, 3.05) is 50.2 Å². The Morgan fingerprint density at radius 1 is 0.939 bits per heavy atom. The van der Waals surface area contributed by atoms with Crippen molar-refractivity contribution in [2.24, 2.45) is 10.9 Å². The SMILES string of the molecule is COc1ccc(N2C(=O)C(CC(C)C)N=C2N2CCN(c3ccc(F)cc3)CC2)cc1OC. The molecule has 2 heterocycles. The molecule has 1 atom stereocenters. The van der Waals surface area contributed by atoms with Gasteiger partial charge in [0.2, 0.25) is 5.96 Å². The minimum Gasteiger partial charge on any atom is -0.493 e. The summed E-state index contributed by atoms with van der Waals surface area (Å²) in [6.45, 7) is 7.14. The fraction of sp³-hybridized carbons (Fsp3) is 0.440. The second kappa shape index (κ2) is 9.68. The van der Waals surface area contributed by atoms with E-state index >= 15 is 0 Å². The summed E-state index contributed by atoms with van der Waals surface area (Å²) in [5, 5.41) is 0. The number of aliphatic imine (C=N–C) groups is 1. The van der Waals surface area contributed by atoms with Crippen molar-refractivity contribution in [1.29, 1.82) is 0 Å². The third-order valence-electron chi connectivity index (χ3n) is 6.05. The molecule has 0 saturated carbocycles. The molecule has 176 valence electrons. The summed E-state index contributed by atoms with van der Waals surface area (Å²) >= 11 is 0. The largest absolute Gasteiger partial charge is 0.493 e. The number of hydrogen-bond donors (Lipinski definition) is 0. The van der Waals surface area contributed by atoms with Crippen molar-refractivity contribution >= 4 is 23.2 Å². The maximum absolute atomic E-state index is 13.4. The van der Waals surface area contributed by atoms with Crippen LogP contribution in [0.5, 0.6) is 11.5 Å². The average molecular weight is 455 g/mol. The number of amides is 1. The van der Waals surface area contributed by atoms with E-state index in [9.17, 15) is 9.18 Å². The number of methoxy groups -OCH3 is 2. The fourth-order valence-corrected chi connectivity index (χ4v) is 4.35. The van der Waals surface area contributed by atoms with Crippen LogP contribution in [-0.2, 0) is 4.79 Å². The van der Waals surface area contributed by atoms with Crippen LogP contribution in [0.25, 0.3) is 0 Å². The van der Waals surface area contributed by atoms with Crippen LogP contribution in [-0.4, -0.2) is 63.2 Å². The van der Waals surface area contributed by atoms with Crippen LogP contribution in [0, 0.1) is 11.7 Å². The van der Waals surface area contributed by atoms with E-state index in [0.29, 0.717) is 48.6 Å². The molecule has 0 radical (unpaired) electrons. The zero-order chi connectivity index (χ0) is 23.5. The first-order valence-electron chi connectivity index (χ1n) is 11.3. The minimum absolute atomic E-state index is 0.0214. The Balaban J connectivity index is 1.58. The molecule has 1 unspecified atom stereocenters. The van der Waals surface area contributed by atoms with Gasteiger partial charge in [0.15, 0.2) is 11.5 Å². The molecule has 4 rings (SSSR count). The molecule has 1 amide bonds. The molecule has 0 spiro atoms. The summed E-state index contributed by atoms with van der Waals surface area (Å²) in [4.78, 5) is 24.4. The van der Waals surface area contributed by atoms with E-state index in [-0.39, 0.29) is 11.7 Å². The van der Waals surface area contributed by atoms with Crippen LogP contribution in [0.3, 0.4) is 0 Å². The lowest BCUT2D eigenvalue weighted by atomic mass is 10.0. The molecule has 2 aromatic rings. The summed E-state index contributed by atoms with van der Waals surface area (Å²) in [5.41, 5.74) is 1.71. The van der Waals surface area contributed by atoms with Gasteiger partial charge in [-0.3, -0.25) is 4.79 Å². The number of hydrogen-bond acceptors (Lipinski definition) is 6. The number of carbonyl (C=O) groups excluding carboxylic acids is 1. The van der Waals surface area contributed by atoms with Crippen molar-refractivity contribution in [3.05, 3.63) is 48.3 Å². The van der Waals surface area contributed by atoms with Gasteiger partial charge in [0, 0.05) is 37.9 Å². The van der Waals surface area contributed by atoms with E-state index in [1.165, 1.54) is 12.1 Å². The quantitative estimate of drug-likeness (QED) is 0.665. The van der Waals surface area contributed by atoms with Gasteiger partial charge in [-0.15, -0.1) is 0 Å². The number of nitrogens with zero attached hydrogens (tertiary/aromatic N) is 4. The second-order valence-corrected chi connectivity index (χ2v) is 8.74. The summed E-state index contributed by atoms with van der Waals surface area (Å²) in [6.07, 6.45) is 0.696. The van der Waals surface area contributed by atoms with Crippen LogP contribution in [0.2, 0.25) is 0 Å². The number of ether oxygens (including phenoxy) is 2. The maximum Gasteiger partial charge on any atom is 0.258 e. The van der Waals surface area contributed by atoms with Crippen molar-refractivity contribution in [1.82, 2.24) is 4.90 Å². The Labute approximate surface area is 194 Å². The predicted octanol–water partition coefficient (Wildman–Crippen LogP) is 3.78. The first kappa shape index (κ1) is 22.9. The number of piperazine rings is 1. The van der Waals surface area contributed by atoms with Crippen LogP contribution in [0.4, 0.5) is 15.8 Å². The van der Waals surface area contributed by atoms with E-state index in [1.807, 2.05) is 12.1 Å². The van der Waals surface area contributed by atoms with Crippen LogP contribution >= 0.6 is 0 Å². The molecule has 0 aromatic heterocycles. The van der Waals surface area contributed by atoms with E-state index in [2.05, 4.69) is 23.6 Å². The Hall–Kier alpha value is -3.29. The highest BCUT2D eigenvalue weighted by Crippen LogP contribution is 2.34. The molecular weight excluding hydrogens is 423 g/mol. The molecule has 2 aromatic carbocycles. The zero-order valence-electron chi connectivity index (χ0n) is 19.6. The van der Waals surface area contributed by atoms with E-state index in [0.717, 1.165) is 18.8 Å². The summed E-state index contributed by atoms with van der Waals surface area (Å²) in [5.74, 6) is 1.94. The lowest BCUT2D eigenvalue weighted by Gasteiger charge is -2.38. The molecule has 33 heavy (non-hydrogen) atoms. The Morgan fingerprint density at radius 2 is 1.55 bits per heavy atom. The third-order valence-corrected chi connectivity index (χ3v) is 6.05. The predicted molar refractivity (Wildman–Crippen MR) is 128 cm³/mol. The van der Waals surface area contributed by atoms with E-state index in [1.54, 1.807) is 37.3 Å². The fourth-order valence-electron chi connectivity index (χ4n) is 4.35. The molecule has 1 saturated heterocycles. The summed E-state index contributed by atoms with van der Waals surface area (Å²) < 4.78 is 24.1. The van der Waals surface area contributed by atoms with E-state index in [4.69, 9.17) is 14.5 Å². The molecule has 2 aliphatic heterocycles. The molecule has 1 fully saturated rings. The van der Waals surface area contributed by atoms with Crippen LogP contribution < -0.4 is 19.3 Å². The maximum atomic E-state index is 13.4. The third kappa shape index (κ3) is 4.74. The van der Waals surface area contributed by atoms with Gasteiger partial charge in [-0.2, -0.15) is 0 Å². The van der Waals surface area contributed by atoms with Crippen molar-refractivity contribution in [2.45, 2.75) is 26.3 Å². The summed E-state index contributed by atoms with van der Waals surface area (Å²) in [7, 11) is 3.17. The highest BCUT2D eigenvalue weighted by molar-refractivity contribution is 6.22. The number of benzene rings is 2. The van der Waals surface area contributed by atoms with Crippen molar-refractivity contribution in [3.63, 3.8) is 0 Å². The van der Waals surface area contributed by atoms with Gasteiger partial charge in [-0.1, -0.05) is 13.8 Å². The van der Waals surface area contributed by atoms with Gasteiger partial charge in [0.05, 0.1) is 19.9 Å². The Kier molecular flexibility index (Phi) is 6.72. The molecule has 8 heteroatoms. The van der Waals surface area contributed by atoms with Gasteiger partial charge < -0.3 is 19.3 Å². The lowest BCUT2D eigenvalue weighted by Crippen LogP contribution is -2.53. The topological polar surface area (TPSA) is 57.6 Å². The molecule has 0 bridgehead atoms. The molecule has 0 aliphatic carbocycles. The van der Waals surface area contributed by atoms with Gasteiger partial charge >= 0.3 is 0 Å². The van der Waals surface area contributed by atoms with Gasteiger partial charge in [-0.25, -0.2) is 14.3 Å². The van der Waals surface area contributed by atoms with Gasteiger partial charge in [0.25, 0.3) is 5.91 Å². The van der Waals surface area contributed by atoms with Gasteiger partial charge in [0.1, 0.15) is 11.9 Å². The van der Waals surface area contributed by atoms with Crippen LogP contribution in [0.15, 0.2) is 47.5 Å². The van der Waals surface area contributed by atoms with Crippen molar-refractivity contribution < 1.29 is 18.7 Å². The van der Waals surface area contributed by atoms with Gasteiger partial charge in [-0.05, 0) is 48.7 Å². The first-order chi connectivity index (χ1) is 15.9. The first-order valence-corrected chi connectivity index (χ1v) is 11.3. The molecule has 2 aliphatic rings. The minimum atomic E-state index is -0.400. The highest BCUT2D eigenvalue weighted by Gasteiger charge is 2.39. The monoisotopic (exact) mass is 454 g/mol. The summed E-state index contributed by atoms with van der Waals surface area (Å²) in [6, 6.07) is 11.7. The number of halogens is 1. The molecule has 7 nitrogen and oxygen atoms in total. The van der Waals surface area contributed by atoms with E-state index < -0.39 is 6.04 Å². The lowest BCUT2D eigenvalue weighted by molar-refractivity contribution is -0.118. The Bertz CT molecular complexity index is 1020. The number of guanidine groups is 1. The smallest absolute Gasteiger partial charge is 0.258 e. The Morgan fingerprint density at radius 3 is 2.15 bits per heavy atom. The standard InChI is InChI=1S/C25H31FN4O3/c1-17(2)15-21-24(31)30(20-9-10-22(32-3)23(16-20)33-4)25(27-21)29-13-11-28(12-14-29)19-7-5-18(26)6-8-19/h5-10,16-17,21H,11-15H2,1-4H3. The molecular formula is C25H31FN4O3. The number of anilines is 2. The van der Waals surface area contributed by atoms with Crippen LogP contribution in [0.1, 0.15) is 20.3 Å². The average Bonchev–Trinajstić information content (AvgIpc) is 3.14.